The Morgan fingerprint density at radius 2 is 2.21 bits per heavy atom. The highest BCUT2D eigenvalue weighted by molar-refractivity contribution is 5.33. The van der Waals surface area contributed by atoms with Gasteiger partial charge in [0, 0.05) is 29.7 Å². The second-order valence-corrected chi connectivity index (χ2v) is 5.07. The minimum absolute atomic E-state index is 0.0734. The molecule has 0 amide bonds. The maximum atomic E-state index is 5.77. The summed E-state index contributed by atoms with van der Waals surface area (Å²) in [4.78, 5) is 8.90. The third-order valence-corrected chi connectivity index (χ3v) is 3.88. The van der Waals surface area contributed by atoms with Gasteiger partial charge in [-0.15, -0.1) is 0 Å². The van der Waals surface area contributed by atoms with E-state index in [0.717, 1.165) is 24.1 Å². The van der Waals surface area contributed by atoms with E-state index in [1.807, 2.05) is 31.5 Å². The van der Waals surface area contributed by atoms with Crippen molar-refractivity contribution in [3.05, 3.63) is 59.2 Å². The lowest BCUT2D eigenvalue weighted by atomic mass is 9.92. The average molecular weight is 254 g/mol. The van der Waals surface area contributed by atoms with Crippen LogP contribution >= 0.6 is 0 Å². The Bertz CT molecular complexity index is 565. The summed E-state index contributed by atoms with van der Waals surface area (Å²) in [6.45, 7) is 1.99. The van der Waals surface area contributed by atoms with Crippen molar-refractivity contribution in [2.45, 2.75) is 31.7 Å². The summed E-state index contributed by atoms with van der Waals surface area (Å²) in [5.74, 6) is 6.10. The first kappa shape index (κ1) is 12.3. The summed E-state index contributed by atoms with van der Waals surface area (Å²) in [7, 11) is 0. The van der Waals surface area contributed by atoms with Gasteiger partial charge in [0.15, 0.2) is 0 Å². The van der Waals surface area contributed by atoms with E-state index in [1.165, 1.54) is 11.3 Å². The quantitative estimate of drug-likeness (QED) is 0.649. The van der Waals surface area contributed by atoms with Gasteiger partial charge in [-0.25, -0.2) is 0 Å². The van der Waals surface area contributed by atoms with Crippen LogP contribution in [0.4, 0.5) is 0 Å². The van der Waals surface area contributed by atoms with E-state index in [1.54, 1.807) is 0 Å². The van der Waals surface area contributed by atoms with Crippen LogP contribution in [0, 0.1) is 6.92 Å². The zero-order valence-corrected chi connectivity index (χ0v) is 11.0. The molecular weight excluding hydrogens is 236 g/mol. The molecule has 2 aromatic rings. The summed E-state index contributed by atoms with van der Waals surface area (Å²) < 4.78 is 0. The molecule has 2 atom stereocenters. The Labute approximate surface area is 113 Å². The molecule has 19 heavy (non-hydrogen) atoms. The second-order valence-electron chi connectivity index (χ2n) is 5.07. The number of hydrogen-bond acceptors (Lipinski definition) is 4. The second kappa shape index (κ2) is 5.07. The number of nitrogens with two attached hydrogens (primary N) is 1. The minimum Gasteiger partial charge on any atom is -0.271 e. The van der Waals surface area contributed by atoms with Crippen molar-refractivity contribution in [3.8, 4) is 0 Å². The molecule has 0 aliphatic heterocycles. The van der Waals surface area contributed by atoms with Crippen LogP contribution in [0.3, 0.4) is 0 Å². The van der Waals surface area contributed by atoms with Crippen LogP contribution in [-0.2, 0) is 6.42 Å². The van der Waals surface area contributed by atoms with Crippen LogP contribution in [0.5, 0.6) is 0 Å². The van der Waals surface area contributed by atoms with Crippen LogP contribution in [-0.4, -0.2) is 9.97 Å². The predicted molar refractivity (Wildman–Crippen MR) is 74.3 cm³/mol. The third kappa shape index (κ3) is 2.25. The van der Waals surface area contributed by atoms with Gasteiger partial charge in [0.05, 0.1) is 6.04 Å². The van der Waals surface area contributed by atoms with Crippen molar-refractivity contribution in [2.75, 3.05) is 0 Å². The molecule has 98 valence electrons. The summed E-state index contributed by atoms with van der Waals surface area (Å²) in [5.41, 5.74) is 7.59. The zero-order valence-electron chi connectivity index (χ0n) is 11.0. The Kier molecular flexibility index (Phi) is 3.27. The Hall–Kier alpha value is -1.78. The molecule has 1 aliphatic rings. The molecule has 0 aromatic carbocycles. The Morgan fingerprint density at radius 1 is 1.32 bits per heavy atom. The fourth-order valence-corrected chi connectivity index (χ4v) is 2.88. The molecule has 0 spiro atoms. The maximum Gasteiger partial charge on any atom is 0.0559 e. The molecule has 2 heterocycles. The van der Waals surface area contributed by atoms with Crippen molar-refractivity contribution in [2.24, 2.45) is 5.84 Å². The number of pyridine rings is 2. The van der Waals surface area contributed by atoms with Gasteiger partial charge in [0.25, 0.3) is 0 Å². The summed E-state index contributed by atoms with van der Waals surface area (Å²) in [5, 5.41) is 0. The van der Waals surface area contributed by atoms with E-state index in [0.29, 0.717) is 5.92 Å². The average Bonchev–Trinajstić information content (AvgIpc) is 2.86. The van der Waals surface area contributed by atoms with Crippen molar-refractivity contribution < 1.29 is 0 Å². The molecule has 2 unspecified atom stereocenters. The van der Waals surface area contributed by atoms with Gasteiger partial charge < -0.3 is 0 Å². The van der Waals surface area contributed by atoms with Gasteiger partial charge in [0.1, 0.15) is 0 Å². The standard InChI is InChI=1S/C15H18N4/c1-10-4-5-12(9-18-10)15(19-16)13-7-6-11-3-2-8-17-14(11)13/h2-5,8-9,13,15,19H,6-7,16H2,1H3. The van der Waals surface area contributed by atoms with Crippen LogP contribution in [0.15, 0.2) is 36.7 Å². The Morgan fingerprint density at radius 3 is 2.95 bits per heavy atom. The van der Waals surface area contributed by atoms with Gasteiger partial charge in [-0.1, -0.05) is 12.1 Å². The van der Waals surface area contributed by atoms with E-state index in [4.69, 9.17) is 5.84 Å². The van der Waals surface area contributed by atoms with Gasteiger partial charge in [0.2, 0.25) is 0 Å². The van der Waals surface area contributed by atoms with Gasteiger partial charge in [-0.2, -0.15) is 0 Å². The maximum absolute atomic E-state index is 5.77. The molecule has 3 rings (SSSR count). The number of nitrogens with zero attached hydrogens (tertiary/aromatic N) is 2. The van der Waals surface area contributed by atoms with Crippen molar-refractivity contribution >= 4 is 0 Å². The molecule has 3 N–H and O–H groups in total. The van der Waals surface area contributed by atoms with E-state index in [9.17, 15) is 0 Å². The molecule has 4 nitrogen and oxygen atoms in total. The monoisotopic (exact) mass is 254 g/mol. The fraction of sp³-hybridized carbons (Fsp3) is 0.333. The molecule has 0 saturated heterocycles. The zero-order chi connectivity index (χ0) is 13.2. The molecule has 4 heteroatoms. The molecule has 1 aliphatic carbocycles. The SMILES string of the molecule is Cc1ccc(C(NN)C2CCc3cccnc32)cn1. The highest BCUT2D eigenvalue weighted by Crippen LogP contribution is 2.39. The number of hydrogen-bond donors (Lipinski definition) is 2. The first-order valence-corrected chi connectivity index (χ1v) is 6.62. The van der Waals surface area contributed by atoms with Crippen LogP contribution in [0.25, 0.3) is 0 Å². The molecule has 0 fully saturated rings. The normalized spacial score (nSPS) is 19.2. The van der Waals surface area contributed by atoms with Gasteiger partial charge in [-0.05, 0) is 43.0 Å². The van der Waals surface area contributed by atoms with Crippen LogP contribution < -0.4 is 11.3 Å². The number of nitrogens with one attached hydrogen (secondary N) is 1. The number of aromatic nitrogens is 2. The van der Waals surface area contributed by atoms with E-state index in [2.05, 4.69) is 27.5 Å². The van der Waals surface area contributed by atoms with Crippen molar-refractivity contribution in [1.29, 1.82) is 0 Å². The lowest BCUT2D eigenvalue weighted by molar-refractivity contribution is 0.446. The molecule has 0 saturated carbocycles. The highest BCUT2D eigenvalue weighted by Gasteiger charge is 2.31. The first-order chi connectivity index (χ1) is 9.29. The first-order valence-electron chi connectivity index (χ1n) is 6.62. The highest BCUT2D eigenvalue weighted by atomic mass is 15.2. The summed E-state index contributed by atoms with van der Waals surface area (Å²) in [6, 6.07) is 8.34. The topological polar surface area (TPSA) is 63.8 Å². The van der Waals surface area contributed by atoms with E-state index >= 15 is 0 Å². The number of aryl methyl sites for hydroxylation is 2. The lowest BCUT2D eigenvalue weighted by Gasteiger charge is -2.23. The van der Waals surface area contributed by atoms with Crippen LogP contribution in [0.2, 0.25) is 0 Å². The van der Waals surface area contributed by atoms with Crippen LogP contribution in [0.1, 0.15) is 40.9 Å². The largest absolute Gasteiger partial charge is 0.271 e. The molecule has 0 bridgehead atoms. The number of hydrazine groups is 1. The van der Waals surface area contributed by atoms with Gasteiger partial charge in [-0.3, -0.25) is 21.2 Å². The van der Waals surface area contributed by atoms with E-state index < -0.39 is 0 Å². The summed E-state index contributed by atoms with van der Waals surface area (Å²) in [6.07, 6.45) is 5.92. The lowest BCUT2D eigenvalue weighted by Crippen LogP contribution is -2.32. The predicted octanol–water partition coefficient (Wildman–Crippen LogP) is 2.02. The molecule has 0 radical (unpaired) electrons. The number of fused-ring (bicyclic) bond motifs is 1. The number of rotatable bonds is 3. The van der Waals surface area contributed by atoms with E-state index in [-0.39, 0.29) is 6.04 Å². The minimum atomic E-state index is 0.0734. The fourth-order valence-electron chi connectivity index (χ4n) is 2.88. The summed E-state index contributed by atoms with van der Waals surface area (Å²) >= 11 is 0. The van der Waals surface area contributed by atoms with Crippen molar-refractivity contribution in [1.82, 2.24) is 15.4 Å². The van der Waals surface area contributed by atoms with Gasteiger partial charge >= 0.3 is 0 Å². The molecular formula is C15H18N4. The smallest absolute Gasteiger partial charge is 0.0559 e. The third-order valence-electron chi connectivity index (χ3n) is 3.88. The Balaban J connectivity index is 1.94. The van der Waals surface area contributed by atoms with Crippen molar-refractivity contribution in [3.63, 3.8) is 0 Å². The molecule has 2 aromatic heterocycles.